The molecule has 4 aromatic rings. The highest BCUT2D eigenvalue weighted by Gasteiger charge is 2.28. The Kier molecular flexibility index (Phi) is 5.17. The third-order valence-corrected chi connectivity index (χ3v) is 6.97. The van der Waals surface area contributed by atoms with Gasteiger partial charge in [-0.15, -0.1) is 0 Å². The van der Waals surface area contributed by atoms with Gasteiger partial charge in [0.25, 0.3) is 0 Å². The van der Waals surface area contributed by atoms with Crippen molar-refractivity contribution >= 4 is 32.7 Å². The van der Waals surface area contributed by atoms with Crippen LogP contribution in [0.4, 0.5) is 0 Å². The van der Waals surface area contributed by atoms with E-state index in [4.69, 9.17) is 16.6 Å². The number of aryl methyl sites for hydroxylation is 1. The third-order valence-electron chi connectivity index (χ3n) is 4.99. The molecule has 7 heteroatoms. The van der Waals surface area contributed by atoms with Gasteiger partial charge in [0.1, 0.15) is 11.9 Å². The second-order valence-corrected chi connectivity index (χ2v) is 8.94. The van der Waals surface area contributed by atoms with Crippen LogP contribution >= 0.6 is 11.6 Å². The number of sulfonamides is 1. The van der Waals surface area contributed by atoms with Crippen LogP contribution in [0, 0.1) is 6.92 Å². The van der Waals surface area contributed by atoms with E-state index in [2.05, 4.69) is 4.72 Å². The summed E-state index contributed by atoms with van der Waals surface area (Å²) < 4.78 is 31.3. The Bertz CT molecular complexity index is 1280. The zero-order valence-electron chi connectivity index (χ0n) is 16.0. The molecule has 29 heavy (non-hydrogen) atoms. The van der Waals surface area contributed by atoms with Crippen molar-refractivity contribution in [1.29, 1.82) is 0 Å². The first kappa shape index (κ1) is 19.6. The molecule has 1 heterocycles. The molecular weight excluding hydrogens is 406 g/mol. The van der Waals surface area contributed by atoms with Crippen LogP contribution in [-0.4, -0.2) is 18.0 Å². The first-order valence-corrected chi connectivity index (χ1v) is 11.0. The van der Waals surface area contributed by atoms with Gasteiger partial charge in [0, 0.05) is 12.1 Å². The van der Waals surface area contributed by atoms with Crippen LogP contribution in [0.3, 0.4) is 0 Å². The van der Waals surface area contributed by atoms with Gasteiger partial charge >= 0.3 is 0 Å². The number of halogens is 1. The van der Waals surface area contributed by atoms with Crippen molar-refractivity contribution in [1.82, 2.24) is 14.3 Å². The molecule has 1 atom stereocenters. The lowest BCUT2D eigenvalue weighted by Gasteiger charge is -2.20. The number of aromatic nitrogens is 2. The van der Waals surface area contributed by atoms with E-state index < -0.39 is 16.1 Å². The van der Waals surface area contributed by atoms with Gasteiger partial charge in [0.15, 0.2) is 0 Å². The molecule has 1 aromatic heterocycles. The van der Waals surface area contributed by atoms with Crippen molar-refractivity contribution in [2.24, 2.45) is 7.05 Å². The van der Waals surface area contributed by atoms with E-state index in [-0.39, 0.29) is 4.90 Å². The number of benzene rings is 3. The summed E-state index contributed by atoms with van der Waals surface area (Å²) in [6.45, 7) is 1.70. The van der Waals surface area contributed by atoms with Crippen LogP contribution < -0.4 is 4.72 Å². The largest absolute Gasteiger partial charge is 0.329 e. The minimum Gasteiger partial charge on any atom is -0.329 e. The molecule has 1 unspecified atom stereocenters. The van der Waals surface area contributed by atoms with Crippen molar-refractivity contribution in [2.45, 2.75) is 17.9 Å². The summed E-state index contributed by atoms with van der Waals surface area (Å²) in [5, 5.41) is 0.409. The number of hydrogen-bond acceptors (Lipinski definition) is 3. The molecule has 3 aromatic carbocycles. The van der Waals surface area contributed by atoms with E-state index in [9.17, 15) is 8.42 Å². The minimum absolute atomic E-state index is 0.157. The lowest BCUT2D eigenvalue weighted by atomic mass is 10.1. The summed E-state index contributed by atoms with van der Waals surface area (Å²) >= 11 is 6.16. The number of nitrogens with one attached hydrogen (secondary N) is 1. The highest BCUT2D eigenvalue weighted by Crippen LogP contribution is 2.29. The van der Waals surface area contributed by atoms with E-state index in [1.807, 2.05) is 66.2 Å². The zero-order valence-corrected chi connectivity index (χ0v) is 17.6. The van der Waals surface area contributed by atoms with Gasteiger partial charge in [0.05, 0.1) is 15.9 Å². The Morgan fingerprint density at radius 1 is 0.966 bits per heavy atom. The first-order chi connectivity index (χ1) is 13.9. The van der Waals surface area contributed by atoms with E-state index in [1.54, 1.807) is 25.1 Å². The molecule has 0 bridgehead atoms. The van der Waals surface area contributed by atoms with Crippen molar-refractivity contribution in [3.63, 3.8) is 0 Å². The van der Waals surface area contributed by atoms with Crippen LogP contribution in [0.1, 0.15) is 23.0 Å². The smallest absolute Gasteiger partial charge is 0.241 e. The molecule has 0 saturated heterocycles. The Morgan fingerprint density at radius 2 is 1.66 bits per heavy atom. The fourth-order valence-corrected chi connectivity index (χ4v) is 5.12. The molecule has 0 radical (unpaired) electrons. The maximum Gasteiger partial charge on any atom is 0.241 e. The molecule has 0 fully saturated rings. The second kappa shape index (κ2) is 7.63. The Balaban J connectivity index is 1.86. The Labute approximate surface area is 175 Å². The van der Waals surface area contributed by atoms with Crippen LogP contribution in [0.5, 0.6) is 0 Å². The number of nitrogens with zero attached hydrogens (tertiary/aromatic N) is 2. The molecule has 4 rings (SSSR count). The minimum atomic E-state index is -3.85. The molecular formula is C22H20ClN3O2S. The van der Waals surface area contributed by atoms with Crippen molar-refractivity contribution < 1.29 is 8.42 Å². The molecule has 148 valence electrons. The van der Waals surface area contributed by atoms with Crippen molar-refractivity contribution in [3.8, 4) is 0 Å². The monoisotopic (exact) mass is 425 g/mol. The third kappa shape index (κ3) is 3.67. The van der Waals surface area contributed by atoms with Crippen molar-refractivity contribution in [2.75, 3.05) is 0 Å². The fraction of sp³-hybridized carbons (Fsp3) is 0.136. The Morgan fingerprint density at radius 3 is 2.38 bits per heavy atom. The molecule has 0 aliphatic heterocycles. The summed E-state index contributed by atoms with van der Waals surface area (Å²) in [6, 6.07) is 21.4. The summed E-state index contributed by atoms with van der Waals surface area (Å²) in [4.78, 5) is 4.87. The van der Waals surface area contributed by atoms with Crippen LogP contribution in [0.25, 0.3) is 11.0 Å². The Hall–Kier alpha value is -2.67. The lowest BCUT2D eigenvalue weighted by molar-refractivity contribution is 0.563. The highest BCUT2D eigenvalue weighted by molar-refractivity contribution is 7.89. The van der Waals surface area contributed by atoms with Crippen LogP contribution in [-0.2, 0) is 17.1 Å². The number of rotatable bonds is 5. The maximum absolute atomic E-state index is 13.3. The molecule has 0 spiro atoms. The van der Waals surface area contributed by atoms with Gasteiger partial charge in [0.2, 0.25) is 10.0 Å². The predicted octanol–water partition coefficient (Wildman–Crippen LogP) is 4.60. The average Bonchev–Trinajstić information content (AvgIpc) is 3.05. The van der Waals surface area contributed by atoms with Crippen molar-refractivity contribution in [3.05, 3.63) is 94.8 Å². The van der Waals surface area contributed by atoms with Gasteiger partial charge in [-0.1, -0.05) is 60.1 Å². The van der Waals surface area contributed by atoms with E-state index in [0.717, 1.165) is 16.6 Å². The predicted molar refractivity (Wildman–Crippen MR) is 116 cm³/mol. The van der Waals surface area contributed by atoms with Crippen LogP contribution in [0.15, 0.2) is 77.7 Å². The van der Waals surface area contributed by atoms with Gasteiger partial charge in [-0.25, -0.2) is 13.4 Å². The first-order valence-electron chi connectivity index (χ1n) is 9.12. The number of fused-ring (bicyclic) bond motifs is 1. The second-order valence-electron chi connectivity index (χ2n) is 6.85. The summed E-state index contributed by atoms with van der Waals surface area (Å²) in [5.41, 5.74) is 3.05. The summed E-state index contributed by atoms with van der Waals surface area (Å²) in [5.74, 6) is 0.612. The highest BCUT2D eigenvalue weighted by atomic mass is 35.5. The molecule has 0 aliphatic carbocycles. The topological polar surface area (TPSA) is 64.0 Å². The standard InChI is InChI=1S/C22H20ClN3O2S/c1-15-17(23)11-8-14-20(15)29(27,28)25-21(16-9-4-3-5-10-16)22-24-18-12-6-7-13-19(18)26(22)2/h3-14,21,25H,1-2H3. The van der Waals surface area contributed by atoms with E-state index in [1.165, 1.54) is 0 Å². The summed E-state index contributed by atoms with van der Waals surface area (Å²) in [7, 11) is -1.96. The van der Waals surface area contributed by atoms with Crippen LogP contribution in [0.2, 0.25) is 5.02 Å². The van der Waals surface area contributed by atoms with Gasteiger partial charge in [-0.2, -0.15) is 4.72 Å². The summed E-state index contributed by atoms with van der Waals surface area (Å²) in [6.07, 6.45) is 0. The molecule has 0 aliphatic rings. The fourth-order valence-electron chi connectivity index (χ4n) is 3.44. The number of para-hydroxylation sites is 2. The quantitative estimate of drug-likeness (QED) is 0.508. The van der Waals surface area contributed by atoms with Gasteiger partial charge < -0.3 is 4.57 Å². The van der Waals surface area contributed by atoms with E-state index in [0.29, 0.717) is 16.4 Å². The maximum atomic E-state index is 13.3. The lowest BCUT2D eigenvalue weighted by Crippen LogP contribution is -2.31. The molecule has 5 nitrogen and oxygen atoms in total. The zero-order chi connectivity index (χ0) is 20.6. The molecule has 0 saturated carbocycles. The average molecular weight is 426 g/mol. The number of hydrogen-bond donors (Lipinski definition) is 1. The van der Waals surface area contributed by atoms with Gasteiger partial charge in [-0.3, -0.25) is 0 Å². The van der Waals surface area contributed by atoms with Gasteiger partial charge in [-0.05, 0) is 42.3 Å². The normalized spacial score (nSPS) is 12.9. The number of imidazole rings is 1. The SMILES string of the molecule is Cc1c(Cl)cccc1S(=O)(=O)NC(c1ccccc1)c1nc2ccccc2n1C. The molecule has 0 amide bonds. The molecule has 1 N–H and O–H groups in total. The van der Waals surface area contributed by atoms with E-state index >= 15 is 0 Å².